The van der Waals surface area contributed by atoms with Crippen molar-refractivity contribution in [3.8, 4) is 0 Å². The molecule has 0 aromatic heterocycles. The van der Waals surface area contributed by atoms with Crippen molar-refractivity contribution >= 4 is 18.2 Å². The topological polar surface area (TPSA) is 72.5 Å². The fraction of sp³-hybridized carbons (Fsp3) is 0.833. The van der Waals surface area contributed by atoms with E-state index < -0.39 is 11.0 Å². The molecular formula is C18H31NO4. The molecule has 0 aliphatic heterocycles. The van der Waals surface area contributed by atoms with Crippen molar-refractivity contribution in [1.29, 1.82) is 0 Å². The second-order valence-electron chi connectivity index (χ2n) is 7.71. The van der Waals surface area contributed by atoms with Gasteiger partial charge in [0.05, 0.1) is 5.41 Å². The lowest BCUT2D eigenvalue weighted by atomic mass is 9.80. The molecule has 0 radical (unpaired) electrons. The Bertz CT molecular complexity index is 427. The van der Waals surface area contributed by atoms with E-state index in [1.165, 1.54) is 6.92 Å². The predicted octanol–water partition coefficient (Wildman–Crippen LogP) is 3.01. The molecule has 0 heterocycles. The molecule has 5 nitrogen and oxygen atoms in total. The first-order valence-electron chi connectivity index (χ1n) is 8.62. The molecule has 0 spiro atoms. The third-order valence-electron chi connectivity index (χ3n) is 4.38. The quantitative estimate of drug-likeness (QED) is 0.423. The number of ether oxygens (including phenoxy) is 1. The van der Waals surface area contributed by atoms with E-state index in [-0.39, 0.29) is 17.8 Å². The van der Waals surface area contributed by atoms with Gasteiger partial charge in [0.2, 0.25) is 5.91 Å². The summed E-state index contributed by atoms with van der Waals surface area (Å²) < 4.78 is 5.62. The largest absolute Gasteiger partial charge is 0.460 e. The Kier molecular flexibility index (Phi) is 7.23. The third-order valence-corrected chi connectivity index (χ3v) is 4.38. The van der Waals surface area contributed by atoms with E-state index in [9.17, 15) is 14.4 Å². The van der Waals surface area contributed by atoms with Crippen LogP contribution in [-0.2, 0) is 19.1 Å². The van der Waals surface area contributed by atoms with E-state index in [1.54, 1.807) is 0 Å². The molecule has 2 atom stereocenters. The molecule has 0 aromatic carbocycles. The molecule has 132 valence electrons. The van der Waals surface area contributed by atoms with Gasteiger partial charge in [0.1, 0.15) is 11.9 Å². The number of nitrogens with one attached hydrogen (secondary N) is 1. The van der Waals surface area contributed by atoms with Crippen LogP contribution in [0.2, 0.25) is 0 Å². The minimum absolute atomic E-state index is 0.0140. The van der Waals surface area contributed by atoms with E-state index in [1.807, 2.05) is 20.8 Å². The summed E-state index contributed by atoms with van der Waals surface area (Å²) in [6.45, 7) is 7.80. The first-order chi connectivity index (χ1) is 10.7. The van der Waals surface area contributed by atoms with E-state index >= 15 is 0 Å². The summed E-state index contributed by atoms with van der Waals surface area (Å²) in [5.74, 6) is -0.196. The maximum absolute atomic E-state index is 12.7. The zero-order valence-corrected chi connectivity index (χ0v) is 14.9. The summed E-state index contributed by atoms with van der Waals surface area (Å²) in [7, 11) is 0. The summed E-state index contributed by atoms with van der Waals surface area (Å²) in [6.07, 6.45) is 6.61. The van der Waals surface area contributed by atoms with Gasteiger partial charge in [-0.2, -0.15) is 0 Å². The molecule has 1 aliphatic carbocycles. The lowest BCUT2D eigenvalue weighted by molar-refractivity contribution is -0.168. The number of aldehydes is 1. The summed E-state index contributed by atoms with van der Waals surface area (Å²) in [6, 6.07) is 0. The Hall–Kier alpha value is -1.39. The van der Waals surface area contributed by atoms with Crippen LogP contribution < -0.4 is 5.32 Å². The van der Waals surface area contributed by atoms with Crippen molar-refractivity contribution in [3.05, 3.63) is 0 Å². The standard InChI is InChI=1S/C18H31NO4/c1-14(21)19-11-7-5-6-9-18(10-8-15(12-18)13-20)16(22)23-17(2,3)4/h13,15H,5-12H2,1-4H3,(H,19,21)/t15-,18-/m1/s1. The van der Waals surface area contributed by atoms with Crippen LogP contribution in [0.15, 0.2) is 0 Å². The van der Waals surface area contributed by atoms with E-state index in [2.05, 4.69) is 5.32 Å². The zero-order valence-electron chi connectivity index (χ0n) is 14.9. The highest BCUT2D eigenvalue weighted by atomic mass is 16.6. The fourth-order valence-corrected chi connectivity index (χ4v) is 3.21. The molecule has 1 saturated carbocycles. The van der Waals surface area contributed by atoms with Gasteiger partial charge in [-0.25, -0.2) is 0 Å². The molecule has 5 heteroatoms. The van der Waals surface area contributed by atoms with Crippen molar-refractivity contribution in [1.82, 2.24) is 5.32 Å². The molecule has 0 bridgehead atoms. The van der Waals surface area contributed by atoms with Crippen LogP contribution >= 0.6 is 0 Å². The number of unbranched alkanes of at least 4 members (excludes halogenated alkanes) is 2. The van der Waals surface area contributed by atoms with Crippen molar-refractivity contribution in [2.45, 2.75) is 78.2 Å². The second-order valence-corrected chi connectivity index (χ2v) is 7.71. The van der Waals surface area contributed by atoms with Gasteiger partial charge < -0.3 is 14.8 Å². The van der Waals surface area contributed by atoms with Crippen LogP contribution in [-0.4, -0.2) is 30.3 Å². The van der Waals surface area contributed by atoms with Crippen LogP contribution in [0.5, 0.6) is 0 Å². The fourth-order valence-electron chi connectivity index (χ4n) is 3.21. The Balaban J connectivity index is 2.54. The number of esters is 1. The number of amides is 1. The summed E-state index contributed by atoms with van der Waals surface area (Å²) >= 11 is 0. The Morgan fingerprint density at radius 3 is 2.48 bits per heavy atom. The van der Waals surface area contributed by atoms with Gasteiger partial charge in [0, 0.05) is 19.4 Å². The van der Waals surface area contributed by atoms with Crippen molar-refractivity contribution in [2.24, 2.45) is 11.3 Å². The Morgan fingerprint density at radius 1 is 1.26 bits per heavy atom. The molecule has 0 aromatic rings. The maximum atomic E-state index is 12.7. The first kappa shape index (κ1) is 19.7. The molecule has 23 heavy (non-hydrogen) atoms. The first-order valence-corrected chi connectivity index (χ1v) is 8.62. The van der Waals surface area contributed by atoms with Crippen LogP contribution in [0.4, 0.5) is 0 Å². The maximum Gasteiger partial charge on any atom is 0.312 e. The Morgan fingerprint density at radius 2 is 1.96 bits per heavy atom. The van der Waals surface area contributed by atoms with Crippen molar-refractivity contribution in [3.63, 3.8) is 0 Å². The summed E-state index contributed by atoms with van der Waals surface area (Å²) in [5.41, 5.74) is -1.01. The molecule has 1 N–H and O–H groups in total. The number of carbonyl (C=O) groups is 3. The van der Waals surface area contributed by atoms with Gasteiger partial charge in [-0.15, -0.1) is 0 Å². The zero-order chi connectivity index (χ0) is 17.5. The van der Waals surface area contributed by atoms with Crippen LogP contribution in [0.3, 0.4) is 0 Å². The van der Waals surface area contributed by atoms with Crippen molar-refractivity contribution in [2.75, 3.05) is 6.54 Å². The number of hydrogen-bond donors (Lipinski definition) is 1. The molecule has 1 fully saturated rings. The summed E-state index contributed by atoms with van der Waals surface area (Å²) in [5, 5.41) is 2.78. The van der Waals surface area contributed by atoms with Crippen LogP contribution in [0, 0.1) is 11.3 Å². The van der Waals surface area contributed by atoms with Gasteiger partial charge in [0.15, 0.2) is 0 Å². The number of hydrogen-bond acceptors (Lipinski definition) is 4. The molecule has 1 aliphatic rings. The highest BCUT2D eigenvalue weighted by Crippen LogP contribution is 2.46. The Labute approximate surface area is 139 Å². The molecule has 0 unspecified atom stereocenters. The predicted molar refractivity (Wildman–Crippen MR) is 88.8 cm³/mol. The monoisotopic (exact) mass is 325 g/mol. The molecule has 1 amide bonds. The highest BCUT2D eigenvalue weighted by Gasteiger charge is 2.46. The van der Waals surface area contributed by atoms with Crippen LogP contribution in [0.25, 0.3) is 0 Å². The van der Waals surface area contributed by atoms with Gasteiger partial charge in [0.25, 0.3) is 0 Å². The van der Waals surface area contributed by atoms with E-state index in [4.69, 9.17) is 4.74 Å². The van der Waals surface area contributed by atoms with E-state index in [0.29, 0.717) is 13.0 Å². The van der Waals surface area contributed by atoms with Gasteiger partial charge >= 0.3 is 5.97 Å². The van der Waals surface area contributed by atoms with Crippen LogP contribution in [0.1, 0.15) is 72.6 Å². The van der Waals surface area contributed by atoms with Gasteiger partial charge in [-0.3, -0.25) is 9.59 Å². The lowest BCUT2D eigenvalue weighted by Crippen LogP contribution is -2.36. The number of carbonyl (C=O) groups excluding carboxylic acids is 3. The minimum atomic E-state index is -0.507. The average Bonchev–Trinajstić information content (AvgIpc) is 2.85. The number of rotatable bonds is 8. The second kappa shape index (κ2) is 8.46. The highest BCUT2D eigenvalue weighted by molar-refractivity contribution is 5.78. The van der Waals surface area contributed by atoms with Crippen molar-refractivity contribution < 1.29 is 19.1 Å². The normalized spacial score (nSPS) is 24.3. The smallest absolute Gasteiger partial charge is 0.312 e. The molecule has 1 rings (SSSR count). The van der Waals surface area contributed by atoms with Gasteiger partial charge in [-0.05, 0) is 52.9 Å². The molecular weight excluding hydrogens is 294 g/mol. The third kappa shape index (κ3) is 6.71. The SMILES string of the molecule is CC(=O)NCCCCC[C@@]1(C(=O)OC(C)(C)C)CC[C@@H](C=O)C1. The lowest BCUT2D eigenvalue weighted by Gasteiger charge is -2.31. The average molecular weight is 325 g/mol. The van der Waals surface area contributed by atoms with E-state index in [0.717, 1.165) is 44.8 Å². The van der Waals surface area contributed by atoms with Gasteiger partial charge in [-0.1, -0.05) is 12.8 Å². The summed E-state index contributed by atoms with van der Waals surface area (Å²) in [4.78, 5) is 34.6. The minimum Gasteiger partial charge on any atom is -0.460 e. The molecule has 0 saturated heterocycles.